The summed E-state index contributed by atoms with van der Waals surface area (Å²) in [7, 11) is 1.66. The second-order valence-electron chi connectivity index (χ2n) is 8.92. The minimum atomic E-state index is -0.120. The molecular formula is C26H30N6O2S. The number of H-pyrrole nitrogens is 1. The van der Waals surface area contributed by atoms with Crippen LogP contribution in [0.4, 0.5) is 0 Å². The monoisotopic (exact) mass is 490 g/mol. The molecule has 0 radical (unpaired) electrons. The Hall–Kier alpha value is -3.17. The molecule has 5 rings (SSSR count). The van der Waals surface area contributed by atoms with Crippen molar-refractivity contribution in [2.45, 2.75) is 50.1 Å². The number of aromatic amines is 1. The number of nitrogens with zero attached hydrogens (tertiary/aromatic N) is 5. The molecule has 2 aromatic carbocycles. The van der Waals surface area contributed by atoms with Gasteiger partial charge in [0.1, 0.15) is 11.6 Å². The van der Waals surface area contributed by atoms with Gasteiger partial charge in [0, 0.05) is 5.69 Å². The summed E-state index contributed by atoms with van der Waals surface area (Å²) >= 11 is 1.52. The Morgan fingerprint density at radius 1 is 1.09 bits per heavy atom. The minimum Gasteiger partial charge on any atom is -0.497 e. The maximum atomic E-state index is 12.6. The van der Waals surface area contributed by atoms with Crippen molar-refractivity contribution in [1.82, 2.24) is 29.6 Å². The summed E-state index contributed by atoms with van der Waals surface area (Å²) in [4.78, 5) is 22.8. The highest BCUT2D eigenvalue weighted by Gasteiger charge is 2.25. The first kappa shape index (κ1) is 23.6. The third-order valence-corrected chi connectivity index (χ3v) is 7.57. The number of aromatic nitrogens is 5. The number of thioether (sulfide) groups is 1. The van der Waals surface area contributed by atoms with Crippen LogP contribution in [0.1, 0.15) is 49.4 Å². The summed E-state index contributed by atoms with van der Waals surface area (Å²) in [5.41, 5.74) is 2.58. The Morgan fingerprint density at radius 2 is 1.86 bits per heavy atom. The van der Waals surface area contributed by atoms with Crippen molar-refractivity contribution in [3.05, 3.63) is 70.0 Å². The van der Waals surface area contributed by atoms with E-state index in [0.29, 0.717) is 17.0 Å². The standard InChI is InChI=1S/C26H30N6O2S/c1-17-8-7-9-21-23(17)27-22(28-25(21)33)16-35-26-30-29-24(18(2)31-14-5-4-6-15-31)32(26)19-10-12-20(34-3)13-11-19/h7-13,18H,4-6,14-16H2,1-3H3,(H,27,28,33)/t18-/m0/s1. The molecule has 35 heavy (non-hydrogen) atoms. The average molecular weight is 491 g/mol. The maximum absolute atomic E-state index is 12.6. The van der Waals surface area contributed by atoms with Gasteiger partial charge in [0.15, 0.2) is 11.0 Å². The summed E-state index contributed by atoms with van der Waals surface area (Å²) in [5, 5.41) is 10.6. The average Bonchev–Trinajstić information content (AvgIpc) is 3.32. The quantitative estimate of drug-likeness (QED) is 0.377. The molecule has 4 aromatic rings. The van der Waals surface area contributed by atoms with E-state index in [2.05, 4.69) is 31.6 Å². The number of fused-ring (bicyclic) bond motifs is 1. The van der Waals surface area contributed by atoms with Gasteiger partial charge in [0.25, 0.3) is 5.56 Å². The molecular weight excluding hydrogens is 460 g/mol. The molecule has 0 unspecified atom stereocenters. The molecule has 0 bridgehead atoms. The van der Waals surface area contributed by atoms with E-state index in [0.717, 1.165) is 46.6 Å². The molecule has 1 aliphatic heterocycles. The number of rotatable bonds is 7. The second kappa shape index (κ2) is 10.2. The molecule has 0 aliphatic carbocycles. The Morgan fingerprint density at radius 3 is 2.60 bits per heavy atom. The molecule has 1 saturated heterocycles. The lowest BCUT2D eigenvalue weighted by Crippen LogP contribution is -2.33. The van der Waals surface area contributed by atoms with Crippen LogP contribution in [0.3, 0.4) is 0 Å². The van der Waals surface area contributed by atoms with Crippen molar-refractivity contribution in [3.63, 3.8) is 0 Å². The molecule has 8 nitrogen and oxygen atoms in total. The molecule has 0 amide bonds. The fraction of sp³-hybridized carbons (Fsp3) is 0.385. The van der Waals surface area contributed by atoms with Gasteiger partial charge in [-0.15, -0.1) is 10.2 Å². The van der Waals surface area contributed by atoms with Crippen molar-refractivity contribution in [2.75, 3.05) is 20.2 Å². The Labute approximate surface area is 208 Å². The topological polar surface area (TPSA) is 88.9 Å². The molecule has 3 heterocycles. The molecule has 1 fully saturated rings. The molecule has 1 atom stereocenters. The number of piperidine rings is 1. The van der Waals surface area contributed by atoms with Crippen LogP contribution >= 0.6 is 11.8 Å². The van der Waals surface area contributed by atoms with Crippen LogP contribution in [0.15, 0.2) is 52.4 Å². The third-order valence-electron chi connectivity index (χ3n) is 6.63. The lowest BCUT2D eigenvalue weighted by Gasteiger charge is -2.31. The second-order valence-corrected chi connectivity index (χ2v) is 9.86. The zero-order valence-corrected chi connectivity index (χ0v) is 21.1. The van der Waals surface area contributed by atoms with Crippen LogP contribution in [0.2, 0.25) is 0 Å². The lowest BCUT2D eigenvalue weighted by atomic mass is 10.1. The summed E-state index contributed by atoms with van der Waals surface area (Å²) in [6.45, 7) is 6.32. The first-order valence-electron chi connectivity index (χ1n) is 12.0. The van der Waals surface area contributed by atoms with Gasteiger partial charge in [-0.05, 0) is 75.7 Å². The van der Waals surface area contributed by atoms with Crippen LogP contribution in [0.25, 0.3) is 16.6 Å². The summed E-state index contributed by atoms with van der Waals surface area (Å²) in [6.07, 6.45) is 3.71. The van der Waals surface area contributed by atoms with Gasteiger partial charge in [-0.25, -0.2) is 4.98 Å². The Bertz CT molecular complexity index is 1380. The number of ether oxygens (including phenoxy) is 1. The summed E-state index contributed by atoms with van der Waals surface area (Å²) < 4.78 is 7.47. The van der Waals surface area contributed by atoms with Crippen LogP contribution < -0.4 is 10.3 Å². The zero-order chi connectivity index (χ0) is 24.4. The van der Waals surface area contributed by atoms with Crippen molar-refractivity contribution in [1.29, 1.82) is 0 Å². The van der Waals surface area contributed by atoms with Gasteiger partial charge in [0.05, 0.1) is 29.8 Å². The van der Waals surface area contributed by atoms with Crippen LogP contribution in [-0.2, 0) is 5.75 Å². The van der Waals surface area contributed by atoms with E-state index in [-0.39, 0.29) is 11.6 Å². The van der Waals surface area contributed by atoms with E-state index in [9.17, 15) is 4.79 Å². The number of methoxy groups -OCH3 is 1. The van der Waals surface area contributed by atoms with E-state index < -0.39 is 0 Å². The number of nitrogens with one attached hydrogen (secondary N) is 1. The molecule has 0 spiro atoms. The Kier molecular flexibility index (Phi) is 6.88. The maximum Gasteiger partial charge on any atom is 0.258 e. The van der Waals surface area contributed by atoms with Gasteiger partial charge >= 0.3 is 0 Å². The molecule has 0 saturated carbocycles. The molecule has 2 aromatic heterocycles. The number of hydrogen-bond acceptors (Lipinski definition) is 7. The summed E-state index contributed by atoms with van der Waals surface area (Å²) in [5.74, 6) is 2.81. The summed E-state index contributed by atoms with van der Waals surface area (Å²) in [6, 6.07) is 13.7. The number of hydrogen-bond donors (Lipinski definition) is 1. The van der Waals surface area contributed by atoms with Gasteiger partial charge < -0.3 is 9.72 Å². The first-order chi connectivity index (χ1) is 17.0. The van der Waals surface area contributed by atoms with Gasteiger partial charge in [0.2, 0.25) is 0 Å². The van der Waals surface area contributed by atoms with E-state index in [1.54, 1.807) is 13.2 Å². The molecule has 9 heteroatoms. The first-order valence-corrected chi connectivity index (χ1v) is 13.0. The highest BCUT2D eigenvalue weighted by molar-refractivity contribution is 7.98. The van der Waals surface area contributed by atoms with Crippen LogP contribution in [0, 0.1) is 6.92 Å². The number of benzene rings is 2. The predicted octanol–water partition coefficient (Wildman–Crippen LogP) is 4.66. The predicted molar refractivity (Wildman–Crippen MR) is 138 cm³/mol. The van der Waals surface area contributed by atoms with Crippen molar-refractivity contribution in [2.24, 2.45) is 0 Å². The molecule has 182 valence electrons. The largest absolute Gasteiger partial charge is 0.497 e. The fourth-order valence-corrected chi connectivity index (χ4v) is 5.47. The highest BCUT2D eigenvalue weighted by atomic mass is 32.2. The van der Waals surface area contributed by atoms with Crippen LogP contribution in [0.5, 0.6) is 5.75 Å². The van der Waals surface area contributed by atoms with Crippen LogP contribution in [-0.4, -0.2) is 49.8 Å². The van der Waals surface area contributed by atoms with E-state index >= 15 is 0 Å². The van der Waals surface area contributed by atoms with Crippen molar-refractivity contribution < 1.29 is 4.74 Å². The van der Waals surface area contributed by atoms with E-state index in [1.165, 1.54) is 31.0 Å². The minimum absolute atomic E-state index is 0.120. The van der Waals surface area contributed by atoms with Crippen molar-refractivity contribution in [3.8, 4) is 11.4 Å². The Balaban J connectivity index is 1.48. The number of likely N-dealkylation sites (tertiary alicyclic amines) is 1. The normalized spacial score (nSPS) is 15.4. The molecule has 1 aliphatic rings. The number of aryl methyl sites for hydroxylation is 1. The SMILES string of the molecule is COc1ccc(-n2c(SCc3nc4c(C)cccc4c(=O)[nH]3)nnc2[C@H](C)N2CCCCC2)cc1. The van der Waals surface area contributed by atoms with E-state index in [1.807, 2.05) is 43.3 Å². The van der Waals surface area contributed by atoms with Gasteiger partial charge in [-0.3, -0.25) is 14.3 Å². The smallest absolute Gasteiger partial charge is 0.258 e. The van der Waals surface area contributed by atoms with Gasteiger partial charge in [-0.1, -0.05) is 30.3 Å². The zero-order valence-electron chi connectivity index (χ0n) is 20.3. The van der Waals surface area contributed by atoms with Gasteiger partial charge in [-0.2, -0.15) is 0 Å². The van der Waals surface area contributed by atoms with Crippen molar-refractivity contribution >= 4 is 22.7 Å². The lowest BCUT2D eigenvalue weighted by molar-refractivity contribution is 0.167. The van der Waals surface area contributed by atoms with E-state index in [4.69, 9.17) is 9.72 Å². The molecule has 1 N–H and O–H groups in total. The fourth-order valence-electron chi connectivity index (χ4n) is 4.64. The number of para-hydroxylation sites is 1. The third kappa shape index (κ3) is 4.83. The highest BCUT2D eigenvalue weighted by Crippen LogP contribution is 2.31.